The third-order valence-corrected chi connectivity index (χ3v) is 3.70. The van der Waals surface area contributed by atoms with Crippen LogP contribution in [0.4, 0.5) is 14.9 Å². The van der Waals surface area contributed by atoms with Crippen LogP contribution in [0, 0.1) is 5.82 Å². The maximum absolute atomic E-state index is 13.7. The van der Waals surface area contributed by atoms with Gasteiger partial charge in [-0.3, -0.25) is 0 Å². The van der Waals surface area contributed by atoms with Gasteiger partial charge in [0.25, 0.3) is 0 Å². The van der Waals surface area contributed by atoms with Gasteiger partial charge in [0.2, 0.25) is 0 Å². The average molecular weight is 357 g/mol. The van der Waals surface area contributed by atoms with Gasteiger partial charge < -0.3 is 15.0 Å². The molecule has 0 aliphatic carbocycles. The van der Waals surface area contributed by atoms with E-state index < -0.39 is 5.82 Å². The SMILES string of the molecule is COc1ccc(CN(C)C(=O)Nc2ccc(Cl)cc2Cl)cc1F. The summed E-state index contributed by atoms with van der Waals surface area (Å²) in [6.07, 6.45) is 0. The molecule has 2 amide bonds. The highest BCUT2D eigenvalue weighted by molar-refractivity contribution is 6.36. The van der Waals surface area contributed by atoms with E-state index in [1.807, 2.05) is 0 Å². The van der Waals surface area contributed by atoms with Gasteiger partial charge in [-0.2, -0.15) is 0 Å². The number of rotatable bonds is 4. The van der Waals surface area contributed by atoms with Crippen LogP contribution in [-0.2, 0) is 6.54 Å². The Balaban J connectivity index is 2.03. The lowest BCUT2D eigenvalue weighted by Crippen LogP contribution is -2.30. The van der Waals surface area contributed by atoms with Gasteiger partial charge in [-0.25, -0.2) is 9.18 Å². The highest BCUT2D eigenvalue weighted by Gasteiger charge is 2.13. The van der Waals surface area contributed by atoms with Crippen LogP contribution in [0.25, 0.3) is 0 Å². The average Bonchev–Trinajstić information content (AvgIpc) is 2.50. The number of ether oxygens (including phenoxy) is 1. The standard InChI is InChI=1S/C16H15Cl2FN2O2/c1-21(9-10-3-6-15(23-2)13(19)7-10)16(22)20-14-5-4-11(17)8-12(14)18/h3-8H,9H2,1-2H3,(H,20,22). The van der Waals surface area contributed by atoms with Crippen molar-refractivity contribution in [1.29, 1.82) is 0 Å². The summed E-state index contributed by atoms with van der Waals surface area (Å²) in [7, 11) is 2.99. The minimum Gasteiger partial charge on any atom is -0.494 e. The number of nitrogens with one attached hydrogen (secondary N) is 1. The number of carbonyl (C=O) groups excluding carboxylic acids is 1. The molecule has 0 saturated heterocycles. The second-order valence-corrected chi connectivity index (χ2v) is 5.72. The fourth-order valence-corrected chi connectivity index (χ4v) is 2.41. The number of hydrogen-bond acceptors (Lipinski definition) is 2. The van der Waals surface area contributed by atoms with Crippen LogP contribution in [0.5, 0.6) is 5.75 Å². The van der Waals surface area contributed by atoms with Crippen molar-refractivity contribution in [3.8, 4) is 5.75 Å². The van der Waals surface area contributed by atoms with E-state index >= 15 is 0 Å². The van der Waals surface area contributed by atoms with Gasteiger partial charge in [0.05, 0.1) is 17.8 Å². The third-order valence-electron chi connectivity index (χ3n) is 3.16. The first-order chi connectivity index (χ1) is 10.9. The van der Waals surface area contributed by atoms with E-state index in [0.29, 0.717) is 21.3 Å². The molecule has 0 aliphatic rings. The maximum atomic E-state index is 13.7. The van der Waals surface area contributed by atoms with Gasteiger partial charge in [0.1, 0.15) is 0 Å². The van der Waals surface area contributed by atoms with Crippen LogP contribution in [0.3, 0.4) is 0 Å². The van der Waals surface area contributed by atoms with Gasteiger partial charge in [0, 0.05) is 18.6 Å². The summed E-state index contributed by atoms with van der Waals surface area (Å²) in [6.45, 7) is 0.234. The predicted octanol–water partition coefficient (Wildman–Crippen LogP) is 4.81. The number of carbonyl (C=O) groups is 1. The fourth-order valence-electron chi connectivity index (χ4n) is 1.96. The fraction of sp³-hybridized carbons (Fsp3) is 0.188. The van der Waals surface area contributed by atoms with Crippen molar-refractivity contribution in [3.05, 3.63) is 57.8 Å². The molecule has 2 aromatic rings. The molecule has 122 valence electrons. The normalized spacial score (nSPS) is 10.3. The second kappa shape index (κ2) is 7.53. The largest absolute Gasteiger partial charge is 0.494 e. The number of benzene rings is 2. The molecule has 0 radical (unpaired) electrons. The summed E-state index contributed by atoms with van der Waals surface area (Å²) in [5.74, 6) is -0.312. The van der Waals surface area contributed by atoms with Crippen molar-refractivity contribution in [1.82, 2.24) is 4.90 Å². The van der Waals surface area contributed by atoms with E-state index in [2.05, 4.69) is 5.32 Å². The lowest BCUT2D eigenvalue weighted by Gasteiger charge is -2.19. The number of halogens is 3. The lowest BCUT2D eigenvalue weighted by molar-refractivity contribution is 0.220. The second-order valence-electron chi connectivity index (χ2n) is 4.88. The minimum atomic E-state index is -0.473. The quantitative estimate of drug-likeness (QED) is 0.854. The molecule has 0 aliphatic heterocycles. The lowest BCUT2D eigenvalue weighted by atomic mass is 10.2. The Kier molecular flexibility index (Phi) is 5.69. The van der Waals surface area contributed by atoms with Crippen molar-refractivity contribution in [2.24, 2.45) is 0 Å². The summed E-state index contributed by atoms with van der Waals surface area (Å²) in [6, 6.07) is 8.96. The molecule has 0 atom stereocenters. The molecular formula is C16H15Cl2FN2O2. The number of urea groups is 1. The molecule has 1 N–H and O–H groups in total. The predicted molar refractivity (Wildman–Crippen MR) is 89.9 cm³/mol. The molecule has 2 rings (SSSR count). The number of hydrogen-bond donors (Lipinski definition) is 1. The molecule has 0 spiro atoms. The van der Waals surface area contributed by atoms with Crippen LogP contribution in [0.15, 0.2) is 36.4 Å². The molecule has 0 bridgehead atoms. The molecule has 0 saturated carbocycles. The number of amides is 2. The van der Waals surface area contributed by atoms with Crippen LogP contribution in [0.1, 0.15) is 5.56 Å². The highest BCUT2D eigenvalue weighted by atomic mass is 35.5. The smallest absolute Gasteiger partial charge is 0.321 e. The number of methoxy groups -OCH3 is 1. The van der Waals surface area contributed by atoms with Gasteiger partial charge in [0.15, 0.2) is 11.6 Å². The maximum Gasteiger partial charge on any atom is 0.321 e. The van der Waals surface area contributed by atoms with Crippen molar-refractivity contribution in [3.63, 3.8) is 0 Å². The van der Waals surface area contributed by atoms with Crippen molar-refractivity contribution < 1.29 is 13.9 Å². The Morgan fingerprint density at radius 2 is 2.00 bits per heavy atom. The number of anilines is 1. The van der Waals surface area contributed by atoms with Crippen LogP contribution in [0.2, 0.25) is 10.0 Å². The molecule has 0 unspecified atom stereocenters. The van der Waals surface area contributed by atoms with Crippen LogP contribution < -0.4 is 10.1 Å². The summed E-state index contributed by atoms with van der Waals surface area (Å²) < 4.78 is 18.5. The summed E-state index contributed by atoms with van der Waals surface area (Å²) >= 11 is 11.8. The first-order valence-electron chi connectivity index (χ1n) is 6.70. The molecule has 0 fully saturated rings. The van der Waals surface area contributed by atoms with Crippen LogP contribution in [-0.4, -0.2) is 25.1 Å². The van der Waals surface area contributed by atoms with Crippen molar-refractivity contribution in [2.45, 2.75) is 6.54 Å². The van der Waals surface area contributed by atoms with Crippen molar-refractivity contribution >= 4 is 34.9 Å². The monoisotopic (exact) mass is 356 g/mol. The molecule has 4 nitrogen and oxygen atoms in total. The van der Waals surface area contributed by atoms with E-state index in [4.69, 9.17) is 27.9 Å². The Labute approximate surface area is 143 Å². The van der Waals surface area contributed by atoms with Gasteiger partial charge in [-0.15, -0.1) is 0 Å². The Morgan fingerprint density at radius 1 is 1.26 bits per heavy atom. The number of nitrogens with zero attached hydrogens (tertiary/aromatic N) is 1. The molecule has 0 aromatic heterocycles. The Hall–Kier alpha value is -1.98. The topological polar surface area (TPSA) is 41.6 Å². The van der Waals surface area contributed by atoms with Crippen molar-refractivity contribution in [2.75, 3.05) is 19.5 Å². The van der Waals surface area contributed by atoms with Crippen LogP contribution >= 0.6 is 23.2 Å². The zero-order valence-corrected chi connectivity index (χ0v) is 14.1. The summed E-state index contributed by atoms with van der Waals surface area (Å²) in [5, 5.41) is 3.50. The molecule has 23 heavy (non-hydrogen) atoms. The molecule has 2 aromatic carbocycles. The zero-order chi connectivity index (χ0) is 17.0. The Morgan fingerprint density at radius 3 is 2.61 bits per heavy atom. The highest BCUT2D eigenvalue weighted by Crippen LogP contribution is 2.25. The summed E-state index contributed by atoms with van der Waals surface area (Å²) in [5.41, 5.74) is 1.09. The van der Waals surface area contributed by atoms with E-state index in [-0.39, 0.29) is 18.3 Å². The van der Waals surface area contributed by atoms with E-state index in [9.17, 15) is 9.18 Å². The summed E-state index contributed by atoms with van der Waals surface area (Å²) in [4.78, 5) is 13.6. The van der Waals surface area contributed by atoms with Gasteiger partial charge >= 0.3 is 6.03 Å². The zero-order valence-electron chi connectivity index (χ0n) is 12.6. The van der Waals surface area contributed by atoms with E-state index in [1.54, 1.807) is 25.2 Å². The molecular weight excluding hydrogens is 342 g/mol. The van der Waals surface area contributed by atoms with E-state index in [0.717, 1.165) is 0 Å². The first kappa shape index (κ1) is 17.4. The Bertz CT molecular complexity index is 725. The molecule has 7 heteroatoms. The first-order valence-corrected chi connectivity index (χ1v) is 7.46. The molecule has 0 heterocycles. The van der Waals surface area contributed by atoms with Gasteiger partial charge in [-0.05, 0) is 35.9 Å². The minimum absolute atomic E-state index is 0.161. The third kappa shape index (κ3) is 4.50. The van der Waals surface area contributed by atoms with E-state index in [1.165, 1.54) is 30.2 Å². The van der Waals surface area contributed by atoms with Gasteiger partial charge in [-0.1, -0.05) is 29.3 Å².